The van der Waals surface area contributed by atoms with Crippen molar-refractivity contribution in [2.24, 2.45) is 10.9 Å². The zero-order valence-electron chi connectivity index (χ0n) is 17.5. The number of benzene rings is 1. The molecule has 1 aliphatic rings. The van der Waals surface area contributed by atoms with Crippen LogP contribution in [-0.2, 0) is 22.3 Å². The minimum absolute atomic E-state index is 0.00105. The van der Waals surface area contributed by atoms with Crippen molar-refractivity contribution in [3.63, 3.8) is 0 Å². The minimum Gasteiger partial charge on any atom is -0.354 e. The van der Waals surface area contributed by atoms with E-state index in [2.05, 4.69) is 27.3 Å². The summed E-state index contributed by atoms with van der Waals surface area (Å²) < 4.78 is 25.6. The molecule has 1 saturated carbocycles. The first-order valence-corrected chi connectivity index (χ1v) is 12.0. The second-order valence-electron chi connectivity index (χ2n) is 7.83. The van der Waals surface area contributed by atoms with Crippen molar-refractivity contribution in [2.75, 3.05) is 14.1 Å². The van der Waals surface area contributed by atoms with Gasteiger partial charge in [0.15, 0.2) is 5.96 Å². The van der Waals surface area contributed by atoms with Crippen LogP contribution in [0.1, 0.15) is 63.0 Å². The van der Waals surface area contributed by atoms with Gasteiger partial charge in [0.25, 0.3) is 0 Å². The molecule has 1 fully saturated rings. The number of hydrogen-bond donors (Lipinski definition) is 3. The molecule has 158 valence electrons. The van der Waals surface area contributed by atoms with E-state index in [1.165, 1.54) is 52.0 Å². The van der Waals surface area contributed by atoms with Crippen LogP contribution in [0.25, 0.3) is 0 Å². The van der Waals surface area contributed by atoms with E-state index in [4.69, 9.17) is 0 Å². The predicted molar refractivity (Wildman–Crippen MR) is 117 cm³/mol. The van der Waals surface area contributed by atoms with Gasteiger partial charge in [0.2, 0.25) is 10.0 Å². The number of rotatable bonds is 9. The molecule has 0 heterocycles. The zero-order chi connectivity index (χ0) is 20.4. The highest BCUT2D eigenvalue weighted by molar-refractivity contribution is 7.88. The van der Waals surface area contributed by atoms with Gasteiger partial charge in [-0.15, -0.1) is 0 Å². The SMILES string of the molecule is CN=C(NCc1ccc(CS(=O)(=O)NC)cc1)NC(C)CCC1CCCCC1. The lowest BCUT2D eigenvalue weighted by molar-refractivity contribution is 0.322. The van der Waals surface area contributed by atoms with Gasteiger partial charge in [-0.2, -0.15) is 0 Å². The van der Waals surface area contributed by atoms with Gasteiger partial charge < -0.3 is 10.6 Å². The number of nitrogens with one attached hydrogen (secondary N) is 3. The molecule has 0 amide bonds. The summed E-state index contributed by atoms with van der Waals surface area (Å²) in [6, 6.07) is 8.01. The fourth-order valence-electron chi connectivity index (χ4n) is 3.69. The van der Waals surface area contributed by atoms with Crippen LogP contribution >= 0.6 is 0 Å². The molecule has 1 aromatic rings. The van der Waals surface area contributed by atoms with Crippen LogP contribution in [0.3, 0.4) is 0 Å². The standard InChI is InChI=1S/C21H36N4O2S/c1-17(9-10-18-7-5-4-6-8-18)25-21(22-2)24-15-19-11-13-20(14-12-19)16-28(26,27)23-3/h11-14,17-18,23H,4-10,15-16H2,1-3H3,(H2,22,24,25). The first kappa shape index (κ1) is 22.7. The summed E-state index contributed by atoms with van der Waals surface area (Å²) >= 11 is 0. The molecule has 2 rings (SSSR count). The summed E-state index contributed by atoms with van der Waals surface area (Å²) in [5, 5.41) is 6.82. The van der Waals surface area contributed by atoms with Crippen LogP contribution in [-0.4, -0.2) is 34.5 Å². The molecule has 7 heteroatoms. The average Bonchev–Trinajstić information content (AvgIpc) is 2.71. The molecule has 6 nitrogen and oxygen atoms in total. The minimum atomic E-state index is -3.24. The molecule has 1 aromatic carbocycles. The van der Waals surface area contributed by atoms with Crippen LogP contribution < -0.4 is 15.4 Å². The van der Waals surface area contributed by atoms with Crippen LogP contribution in [0.4, 0.5) is 0 Å². The average molecular weight is 409 g/mol. The summed E-state index contributed by atoms with van der Waals surface area (Å²) in [5.41, 5.74) is 1.86. The molecular formula is C21H36N4O2S. The maximum atomic E-state index is 11.6. The summed E-state index contributed by atoms with van der Waals surface area (Å²) in [6.45, 7) is 2.86. The highest BCUT2D eigenvalue weighted by atomic mass is 32.2. The molecule has 0 aromatic heterocycles. The lowest BCUT2D eigenvalue weighted by Gasteiger charge is -2.24. The van der Waals surface area contributed by atoms with Crippen molar-refractivity contribution in [3.05, 3.63) is 35.4 Å². The first-order chi connectivity index (χ1) is 13.4. The Labute approximate surface area is 170 Å². The second-order valence-corrected chi connectivity index (χ2v) is 9.76. The van der Waals surface area contributed by atoms with Crippen molar-refractivity contribution in [1.82, 2.24) is 15.4 Å². The second kappa shape index (κ2) is 11.4. The van der Waals surface area contributed by atoms with E-state index in [9.17, 15) is 8.42 Å². The summed E-state index contributed by atoms with van der Waals surface area (Å²) in [7, 11) is -0.0176. The van der Waals surface area contributed by atoms with E-state index in [0.29, 0.717) is 12.6 Å². The van der Waals surface area contributed by atoms with Gasteiger partial charge in [-0.25, -0.2) is 13.1 Å². The lowest BCUT2D eigenvalue weighted by atomic mass is 9.85. The Hall–Kier alpha value is -1.60. The smallest absolute Gasteiger partial charge is 0.215 e. The Morgan fingerprint density at radius 1 is 1.14 bits per heavy atom. The molecule has 3 N–H and O–H groups in total. The van der Waals surface area contributed by atoms with E-state index in [0.717, 1.165) is 23.0 Å². The maximum absolute atomic E-state index is 11.6. The van der Waals surface area contributed by atoms with Gasteiger partial charge in [-0.05, 0) is 43.9 Å². The topological polar surface area (TPSA) is 82.6 Å². The summed E-state index contributed by atoms with van der Waals surface area (Å²) in [4.78, 5) is 4.32. The molecule has 1 atom stereocenters. The van der Waals surface area contributed by atoms with E-state index in [1.807, 2.05) is 24.3 Å². The molecule has 0 radical (unpaired) electrons. The molecule has 1 unspecified atom stereocenters. The molecule has 28 heavy (non-hydrogen) atoms. The van der Waals surface area contributed by atoms with E-state index in [-0.39, 0.29) is 5.75 Å². The Morgan fingerprint density at radius 3 is 2.39 bits per heavy atom. The fraction of sp³-hybridized carbons (Fsp3) is 0.667. The lowest BCUT2D eigenvalue weighted by Crippen LogP contribution is -2.42. The van der Waals surface area contributed by atoms with Crippen LogP contribution in [0.2, 0.25) is 0 Å². The van der Waals surface area contributed by atoms with Crippen molar-refractivity contribution < 1.29 is 8.42 Å². The molecule has 0 spiro atoms. The molecular weight excluding hydrogens is 372 g/mol. The van der Waals surface area contributed by atoms with E-state index < -0.39 is 10.0 Å². The van der Waals surface area contributed by atoms with Crippen LogP contribution in [0.15, 0.2) is 29.3 Å². The number of aliphatic imine (C=N–C) groups is 1. The molecule has 1 aliphatic carbocycles. The van der Waals surface area contributed by atoms with Crippen LogP contribution in [0.5, 0.6) is 0 Å². The van der Waals surface area contributed by atoms with E-state index >= 15 is 0 Å². The molecule has 0 aliphatic heterocycles. The third kappa shape index (κ3) is 8.19. The summed E-state index contributed by atoms with van der Waals surface area (Å²) in [5.74, 6) is 1.70. The Kier molecular flexibility index (Phi) is 9.25. The quantitative estimate of drug-likeness (QED) is 0.433. The molecule has 0 bridgehead atoms. The number of nitrogens with zero attached hydrogens (tertiary/aromatic N) is 1. The number of hydrogen-bond acceptors (Lipinski definition) is 3. The number of sulfonamides is 1. The number of guanidine groups is 1. The highest BCUT2D eigenvalue weighted by Gasteiger charge is 2.15. The molecule has 0 saturated heterocycles. The van der Waals surface area contributed by atoms with E-state index in [1.54, 1.807) is 7.05 Å². The summed E-state index contributed by atoms with van der Waals surface area (Å²) in [6.07, 6.45) is 9.46. The highest BCUT2D eigenvalue weighted by Crippen LogP contribution is 2.27. The first-order valence-electron chi connectivity index (χ1n) is 10.4. The van der Waals surface area contributed by atoms with Gasteiger partial charge in [-0.1, -0.05) is 56.4 Å². The van der Waals surface area contributed by atoms with Gasteiger partial charge in [0.05, 0.1) is 5.75 Å². The van der Waals surface area contributed by atoms with Gasteiger partial charge >= 0.3 is 0 Å². The van der Waals surface area contributed by atoms with Crippen LogP contribution in [0, 0.1) is 5.92 Å². The van der Waals surface area contributed by atoms with Gasteiger partial charge in [0, 0.05) is 19.6 Å². The Morgan fingerprint density at radius 2 is 1.79 bits per heavy atom. The van der Waals surface area contributed by atoms with Crippen molar-refractivity contribution in [2.45, 2.75) is 70.2 Å². The third-order valence-corrected chi connectivity index (χ3v) is 6.83. The third-order valence-electron chi connectivity index (χ3n) is 5.49. The van der Waals surface area contributed by atoms with Crippen molar-refractivity contribution in [1.29, 1.82) is 0 Å². The largest absolute Gasteiger partial charge is 0.354 e. The fourth-order valence-corrected chi connectivity index (χ4v) is 4.47. The van der Waals surface area contributed by atoms with Crippen molar-refractivity contribution in [3.8, 4) is 0 Å². The zero-order valence-corrected chi connectivity index (χ0v) is 18.3. The maximum Gasteiger partial charge on any atom is 0.215 e. The normalized spacial score (nSPS) is 17.3. The van der Waals surface area contributed by atoms with Gasteiger partial charge in [0.1, 0.15) is 0 Å². The monoisotopic (exact) mass is 408 g/mol. The Bertz CT molecular complexity index is 710. The predicted octanol–water partition coefficient (Wildman–Crippen LogP) is 3.15. The Balaban J connectivity index is 1.75. The van der Waals surface area contributed by atoms with Crippen molar-refractivity contribution >= 4 is 16.0 Å². The van der Waals surface area contributed by atoms with Gasteiger partial charge in [-0.3, -0.25) is 4.99 Å².